The molecule has 0 spiro atoms. The molecule has 0 fully saturated rings. The second-order valence-electron chi connectivity index (χ2n) is 5.53. The highest BCUT2D eigenvalue weighted by Gasteiger charge is 2.20. The number of rotatable bonds is 5. The minimum absolute atomic E-state index is 0.0812. The third-order valence-electron chi connectivity index (χ3n) is 3.62. The standard InChI is InChI=1S/C17H15F2N5OS/c1-10-5-3-4-6-15(10)24-17(21-22-23-24)26-11(2)16(25)20-14-8-7-12(18)9-13(14)19/h3-9,11H,1-2H3,(H,20,25)/t11-/m0/s1. The number of thioether (sulfide) groups is 1. The van der Waals surface area contributed by atoms with E-state index in [0.29, 0.717) is 11.2 Å². The van der Waals surface area contributed by atoms with Gasteiger partial charge in [0.15, 0.2) is 0 Å². The Morgan fingerprint density at radius 3 is 2.73 bits per heavy atom. The molecule has 0 radical (unpaired) electrons. The van der Waals surface area contributed by atoms with Crippen molar-refractivity contribution in [1.29, 1.82) is 0 Å². The molecule has 0 unspecified atom stereocenters. The molecule has 0 aliphatic rings. The van der Waals surface area contributed by atoms with Crippen LogP contribution in [0.3, 0.4) is 0 Å². The fraction of sp³-hybridized carbons (Fsp3) is 0.176. The van der Waals surface area contributed by atoms with Crippen molar-refractivity contribution >= 4 is 23.4 Å². The fourth-order valence-electron chi connectivity index (χ4n) is 2.24. The van der Waals surface area contributed by atoms with Gasteiger partial charge >= 0.3 is 0 Å². The van der Waals surface area contributed by atoms with E-state index in [2.05, 4.69) is 20.8 Å². The highest BCUT2D eigenvalue weighted by Crippen LogP contribution is 2.25. The van der Waals surface area contributed by atoms with Crippen molar-refractivity contribution in [3.05, 3.63) is 59.7 Å². The van der Waals surface area contributed by atoms with Crippen LogP contribution in [-0.2, 0) is 4.79 Å². The molecule has 1 heterocycles. The summed E-state index contributed by atoms with van der Waals surface area (Å²) < 4.78 is 28.2. The predicted octanol–water partition coefficient (Wildman–Crippen LogP) is 3.37. The van der Waals surface area contributed by atoms with Gasteiger partial charge in [0.1, 0.15) is 11.6 Å². The second kappa shape index (κ2) is 7.61. The number of hydrogen-bond donors (Lipinski definition) is 1. The average Bonchev–Trinajstić information content (AvgIpc) is 3.05. The zero-order valence-corrected chi connectivity index (χ0v) is 14.8. The number of aromatic nitrogens is 4. The van der Waals surface area contributed by atoms with E-state index in [1.54, 1.807) is 11.6 Å². The minimum Gasteiger partial charge on any atom is -0.323 e. The Balaban J connectivity index is 1.74. The highest BCUT2D eigenvalue weighted by molar-refractivity contribution is 8.00. The molecule has 0 saturated carbocycles. The van der Waals surface area contributed by atoms with Crippen LogP contribution in [0, 0.1) is 18.6 Å². The van der Waals surface area contributed by atoms with Crippen LogP contribution < -0.4 is 5.32 Å². The normalized spacial score (nSPS) is 12.0. The van der Waals surface area contributed by atoms with E-state index >= 15 is 0 Å². The van der Waals surface area contributed by atoms with Crippen molar-refractivity contribution in [2.45, 2.75) is 24.3 Å². The number of benzene rings is 2. The smallest absolute Gasteiger partial charge is 0.237 e. The molecule has 0 aliphatic heterocycles. The van der Waals surface area contributed by atoms with Crippen molar-refractivity contribution in [1.82, 2.24) is 20.2 Å². The first-order valence-corrected chi connectivity index (χ1v) is 8.60. The lowest BCUT2D eigenvalue weighted by atomic mass is 10.2. The van der Waals surface area contributed by atoms with Crippen molar-refractivity contribution in [3.8, 4) is 5.69 Å². The summed E-state index contributed by atoms with van der Waals surface area (Å²) in [5, 5.41) is 13.9. The minimum atomic E-state index is -0.833. The van der Waals surface area contributed by atoms with Crippen LogP contribution in [0.2, 0.25) is 0 Å². The van der Waals surface area contributed by atoms with Gasteiger partial charge in [0.05, 0.1) is 16.6 Å². The molecule has 134 valence electrons. The molecule has 9 heteroatoms. The molecular formula is C17H15F2N5OS. The number of hydrogen-bond acceptors (Lipinski definition) is 5. The van der Waals surface area contributed by atoms with Crippen LogP contribution in [0.5, 0.6) is 0 Å². The zero-order chi connectivity index (χ0) is 18.7. The van der Waals surface area contributed by atoms with Crippen LogP contribution in [0.1, 0.15) is 12.5 Å². The molecule has 1 N–H and O–H groups in total. The molecule has 3 aromatic rings. The van der Waals surface area contributed by atoms with Crippen LogP contribution in [0.25, 0.3) is 5.69 Å². The maximum absolute atomic E-state index is 13.7. The lowest BCUT2D eigenvalue weighted by molar-refractivity contribution is -0.115. The summed E-state index contributed by atoms with van der Waals surface area (Å²) >= 11 is 1.14. The summed E-state index contributed by atoms with van der Waals surface area (Å²) in [4.78, 5) is 12.3. The van der Waals surface area contributed by atoms with E-state index in [0.717, 1.165) is 29.1 Å². The lowest BCUT2D eigenvalue weighted by Crippen LogP contribution is -2.23. The molecule has 26 heavy (non-hydrogen) atoms. The van der Waals surface area contributed by atoms with Crippen molar-refractivity contribution < 1.29 is 13.6 Å². The number of anilines is 1. The number of tetrazole rings is 1. The average molecular weight is 375 g/mol. The topological polar surface area (TPSA) is 72.7 Å². The van der Waals surface area contributed by atoms with Crippen molar-refractivity contribution in [3.63, 3.8) is 0 Å². The number of carbonyl (C=O) groups is 1. The Bertz CT molecular complexity index is 946. The van der Waals surface area contributed by atoms with E-state index in [-0.39, 0.29) is 5.69 Å². The summed E-state index contributed by atoms with van der Waals surface area (Å²) in [5.74, 6) is -1.99. The highest BCUT2D eigenvalue weighted by atomic mass is 32.2. The van der Waals surface area contributed by atoms with Gasteiger partial charge in [-0.05, 0) is 48.0 Å². The molecule has 1 amide bonds. The van der Waals surface area contributed by atoms with Crippen LogP contribution >= 0.6 is 11.8 Å². The number of nitrogens with zero attached hydrogens (tertiary/aromatic N) is 4. The molecule has 0 bridgehead atoms. The third kappa shape index (κ3) is 3.88. The second-order valence-corrected chi connectivity index (χ2v) is 6.84. The van der Waals surface area contributed by atoms with Crippen LogP contribution in [0.4, 0.5) is 14.5 Å². The number of halogens is 2. The predicted molar refractivity (Wildman–Crippen MR) is 94.2 cm³/mol. The van der Waals surface area contributed by atoms with Gasteiger partial charge in [0, 0.05) is 6.07 Å². The number of amides is 1. The summed E-state index contributed by atoms with van der Waals surface area (Å²) in [6.07, 6.45) is 0. The van der Waals surface area contributed by atoms with Gasteiger partial charge in [-0.25, -0.2) is 8.78 Å². The molecule has 1 atom stereocenters. The van der Waals surface area contributed by atoms with Gasteiger partial charge in [-0.15, -0.1) is 5.10 Å². The van der Waals surface area contributed by atoms with Gasteiger partial charge in [-0.2, -0.15) is 4.68 Å². The summed E-state index contributed by atoms with van der Waals surface area (Å²) in [5.41, 5.74) is 1.70. The van der Waals surface area contributed by atoms with E-state index < -0.39 is 22.8 Å². The summed E-state index contributed by atoms with van der Waals surface area (Å²) in [6, 6.07) is 10.5. The Morgan fingerprint density at radius 1 is 1.23 bits per heavy atom. The first kappa shape index (κ1) is 18.0. The first-order chi connectivity index (χ1) is 12.5. The van der Waals surface area contributed by atoms with Crippen LogP contribution in [0.15, 0.2) is 47.6 Å². The Morgan fingerprint density at radius 2 is 2.00 bits per heavy atom. The van der Waals surface area contributed by atoms with Crippen molar-refractivity contribution in [2.75, 3.05) is 5.32 Å². The summed E-state index contributed by atoms with van der Waals surface area (Å²) in [7, 11) is 0. The molecule has 1 aromatic heterocycles. The Labute approximate surface area is 152 Å². The van der Waals surface area contributed by atoms with E-state index in [9.17, 15) is 13.6 Å². The van der Waals surface area contributed by atoms with E-state index in [1.165, 1.54) is 6.07 Å². The van der Waals surface area contributed by atoms with E-state index in [4.69, 9.17) is 0 Å². The largest absolute Gasteiger partial charge is 0.323 e. The number of carbonyl (C=O) groups excluding carboxylic acids is 1. The number of para-hydroxylation sites is 1. The summed E-state index contributed by atoms with van der Waals surface area (Å²) in [6.45, 7) is 3.58. The molecular weight excluding hydrogens is 360 g/mol. The number of aryl methyl sites for hydroxylation is 1. The third-order valence-corrected chi connectivity index (χ3v) is 4.66. The monoisotopic (exact) mass is 375 g/mol. The number of nitrogens with one attached hydrogen (secondary N) is 1. The first-order valence-electron chi connectivity index (χ1n) is 7.72. The van der Waals surface area contributed by atoms with Gasteiger partial charge in [-0.1, -0.05) is 30.0 Å². The Hall–Kier alpha value is -2.81. The lowest BCUT2D eigenvalue weighted by Gasteiger charge is -2.13. The molecule has 3 rings (SSSR count). The fourth-order valence-corrected chi connectivity index (χ4v) is 3.04. The Kier molecular flexibility index (Phi) is 5.27. The molecule has 0 aliphatic carbocycles. The van der Waals surface area contributed by atoms with E-state index in [1.807, 2.05) is 31.2 Å². The zero-order valence-electron chi connectivity index (χ0n) is 14.0. The quantitative estimate of drug-likeness (QED) is 0.692. The SMILES string of the molecule is Cc1ccccc1-n1nnnc1S[C@@H](C)C(=O)Nc1ccc(F)cc1F. The van der Waals surface area contributed by atoms with Crippen molar-refractivity contribution in [2.24, 2.45) is 0 Å². The molecule has 0 saturated heterocycles. The van der Waals surface area contributed by atoms with Gasteiger partial charge < -0.3 is 5.32 Å². The van der Waals surface area contributed by atoms with Crippen LogP contribution in [-0.4, -0.2) is 31.4 Å². The maximum Gasteiger partial charge on any atom is 0.237 e. The van der Waals surface area contributed by atoms with Gasteiger partial charge in [0.25, 0.3) is 0 Å². The van der Waals surface area contributed by atoms with Gasteiger partial charge in [-0.3, -0.25) is 4.79 Å². The van der Waals surface area contributed by atoms with Gasteiger partial charge in [0.2, 0.25) is 11.1 Å². The maximum atomic E-state index is 13.7. The molecule has 2 aromatic carbocycles. The molecule has 6 nitrogen and oxygen atoms in total.